The van der Waals surface area contributed by atoms with Crippen LogP contribution >= 0.6 is 22.9 Å². The minimum atomic E-state index is -1.04. The molecule has 0 amide bonds. The van der Waals surface area contributed by atoms with Crippen LogP contribution < -0.4 is 4.90 Å². The largest absolute Gasteiger partial charge is 0.477 e. The molecule has 3 rings (SSSR count). The molecule has 2 aromatic rings. The summed E-state index contributed by atoms with van der Waals surface area (Å²) < 4.78 is 5.33. The van der Waals surface area contributed by atoms with Gasteiger partial charge in [0.2, 0.25) is 0 Å². The lowest BCUT2D eigenvalue weighted by atomic mass is 10.4. The number of aromatic nitrogens is 1. The highest BCUT2D eigenvalue weighted by molar-refractivity contribution is 7.18. The number of anilines is 1. The molecule has 0 bridgehead atoms. The number of rotatable bonds is 5. The zero-order chi connectivity index (χ0) is 13.4. The molecule has 19 heavy (non-hydrogen) atoms. The van der Waals surface area contributed by atoms with Gasteiger partial charge in [0.15, 0.2) is 15.2 Å². The first-order valence-corrected chi connectivity index (χ1v) is 7.03. The number of hydrogen-bond donors (Lipinski definition) is 1. The van der Waals surface area contributed by atoms with Crippen molar-refractivity contribution in [1.82, 2.24) is 4.98 Å². The van der Waals surface area contributed by atoms with E-state index in [4.69, 9.17) is 21.1 Å². The maximum absolute atomic E-state index is 11.0. The van der Waals surface area contributed by atoms with E-state index in [1.54, 1.807) is 6.26 Å². The van der Waals surface area contributed by atoms with Crippen molar-refractivity contribution in [1.29, 1.82) is 0 Å². The van der Waals surface area contributed by atoms with Crippen molar-refractivity contribution in [3.63, 3.8) is 0 Å². The van der Waals surface area contributed by atoms with Crippen molar-refractivity contribution in [3.05, 3.63) is 34.2 Å². The number of halogens is 1. The predicted octanol–water partition coefficient (Wildman–Crippen LogP) is 3.26. The lowest BCUT2D eigenvalue weighted by molar-refractivity contribution is 0.0702. The highest BCUT2D eigenvalue weighted by atomic mass is 35.5. The Kier molecular flexibility index (Phi) is 3.20. The topological polar surface area (TPSA) is 66.6 Å². The Morgan fingerprint density at radius 3 is 2.95 bits per heavy atom. The van der Waals surface area contributed by atoms with Gasteiger partial charge >= 0.3 is 5.97 Å². The Morgan fingerprint density at radius 1 is 1.63 bits per heavy atom. The van der Waals surface area contributed by atoms with Crippen molar-refractivity contribution in [2.24, 2.45) is 0 Å². The number of aromatic carboxylic acids is 1. The van der Waals surface area contributed by atoms with Gasteiger partial charge in [0.1, 0.15) is 5.76 Å². The van der Waals surface area contributed by atoms with E-state index in [-0.39, 0.29) is 10.0 Å². The van der Waals surface area contributed by atoms with Gasteiger partial charge in [-0.3, -0.25) is 0 Å². The first-order valence-electron chi connectivity index (χ1n) is 5.84. The molecule has 0 atom stereocenters. The Balaban J connectivity index is 1.87. The molecule has 1 aliphatic carbocycles. The van der Waals surface area contributed by atoms with Crippen LogP contribution in [-0.4, -0.2) is 22.1 Å². The van der Waals surface area contributed by atoms with Crippen LogP contribution in [0.15, 0.2) is 22.8 Å². The Bertz CT molecular complexity index is 592. The number of furan rings is 1. The van der Waals surface area contributed by atoms with Crippen LogP contribution in [0.25, 0.3) is 0 Å². The molecular weight excluding hydrogens is 288 g/mol. The number of carbonyl (C=O) groups is 1. The molecule has 1 fully saturated rings. The van der Waals surface area contributed by atoms with Gasteiger partial charge < -0.3 is 14.4 Å². The van der Waals surface area contributed by atoms with E-state index in [0.717, 1.165) is 29.9 Å². The third-order valence-electron chi connectivity index (χ3n) is 2.91. The van der Waals surface area contributed by atoms with E-state index in [2.05, 4.69) is 9.88 Å². The normalized spacial score (nSPS) is 14.6. The molecule has 2 heterocycles. The van der Waals surface area contributed by atoms with Gasteiger partial charge in [-0.15, -0.1) is 0 Å². The number of nitrogens with zero attached hydrogens (tertiary/aromatic N) is 2. The predicted molar refractivity (Wildman–Crippen MR) is 72.0 cm³/mol. The Morgan fingerprint density at radius 2 is 2.42 bits per heavy atom. The maximum Gasteiger partial charge on any atom is 0.349 e. The third-order valence-corrected chi connectivity index (χ3v) is 4.37. The van der Waals surface area contributed by atoms with Crippen LogP contribution in [0.3, 0.4) is 0 Å². The van der Waals surface area contributed by atoms with Gasteiger partial charge in [-0.2, -0.15) is 0 Å². The number of hydrogen-bond acceptors (Lipinski definition) is 5. The van der Waals surface area contributed by atoms with Crippen LogP contribution in [0.2, 0.25) is 5.15 Å². The summed E-state index contributed by atoms with van der Waals surface area (Å²) in [4.78, 5) is 17.3. The summed E-state index contributed by atoms with van der Waals surface area (Å²) in [5.41, 5.74) is 0. The van der Waals surface area contributed by atoms with Crippen molar-refractivity contribution in [3.8, 4) is 0 Å². The quantitative estimate of drug-likeness (QED) is 0.917. The van der Waals surface area contributed by atoms with E-state index in [1.165, 1.54) is 0 Å². The van der Waals surface area contributed by atoms with Crippen LogP contribution in [0, 0.1) is 0 Å². The van der Waals surface area contributed by atoms with E-state index < -0.39 is 5.97 Å². The monoisotopic (exact) mass is 298 g/mol. The summed E-state index contributed by atoms with van der Waals surface area (Å²) in [6.45, 7) is 0.584. The van der Waals surface area contributed by atoms with Gasteiger partial charge in [0.05, 0.1) is 12.8 Å². The molecule has 5 nitrogen and oxygen atoms in total. The minimum absolute atomic E-state index is 0.0533. The van der Waals surface area contributed by atoms with E-state index in [0.29, 0.717) is 17.7 Å². The summed E-state index contributed by atoms with van der Waals surface area (Å²) in [6.07, 6.45) is 3.79. The van der Waals surface area contributed by atoms with Gasteiger partial charge in [0, 0.05) is 6.04 Å². The van der Waals surface area contributed by atoms with Gasteiger partial charge in [-0.25, -0.2) is 9.78 Å². The standard InChI is InChI=1S/C12H11ClN2O3S/c13-10-9(11(16)17)19-12(14-10)15(7-3-4-7)6-8-2-1-5-18-8/h1-2,5,7H,3-4,6H2,(H,16,17). The second-order valence-electron chi connectivity index (χ2n) is 4.36. The van der Waals surface area contributed by atoms with Crippen molar-refractivity contribution < 1.29 is 14.3 Å². The molecule has 7 heteroatoms. The molecule has 0 aromatic carbocycles. The fourth-order valence-electron chi connectivity index (χ4n) is 1.86. The lowest BCUT2D eigenvalue weighted by Gasteiger charge is -2.19. The first kappa shape index (κ1) is 12.5. The average molecular weight is 299 g/mol. The summed E-state index contributed by atoms with van der Waals surface area (Å²) in [6, 6.07) is 4.12. The molecule has 0 spiro atoms. The molecule has 0 aliphatic heterocycles. The number of carboxylic acids is 1. The number of carboxylic acid groups (broad SMARTS) is 1. The Labute approximate surface area is 118 Å². The molecule has 1 saturated carbocycles. The minimum Gasteiger partial charge on any atom is -0.477 e. The van der Waals surface area contributed by atoms with Crippen molar-refractivity contribution in [2.75, 3.05) is 4.90 Å². The SMILES string of the molecule is O=C(O)c1sc(N(Cc2ccco2)C2CC2)nc1Cl. The molecule has 0 saturated heterocycles. The fraction of sp³-hybridized carbons (Fsp3) is 0.333. The summed E-state index contributed by atoms with van der Waals surface area (Å²) in [5.74, 6) is -0.211. The lowest BCUT2D eigenvalue weighted by Crippen LogP contribution is -2.24. The molecule has 2 aromatic heterocycles. The molecule has 1 N–H and O–H groups in total. The maximum atomic E-state index is 11.0. The van der Waals surface area contributed by atoms with Crippen LogP contribution in [-0.2, 0) is 6.54 Å². The third kappa shape index (κ3) is 2.59. The molecular formula is C12H11ClN2O3S. The van der Waals surface area contributed by atoms with Crippen molar-refractivity contribution >= 4 is 34.0 Å². The summed E-state index contributed by atoms with van der Waals surface area (Å²) in [5, 5.41) is 9.71. The average Bonchev–Trinajstić information content (AvgIpc) is 2.93. The van der Waals surface area contributed by atoms with E-state index in [9.17, 15) is 4.79 Å². The van der Waals surface area contributed by atoms with E-state index in [1.807, 2.05) is 12.1 Å². The van der Waals surface area contributed by atoms with Crippen LogP contribution in [0.5, 0.6) is 0 Å². The fourth-order valence-corrected chi connectivity index (χ4v) is 3.05. The second kappa shape index (κ2) is 4.86. The number of thiazole rings is 1. The zero-order valence-corrected chi connectivity index (χ0v) is 11.4. The van der Waals surface area contributed by atoms with Gasteiger partial charge in [0.25, 0.3) is 0 Å². The first-order chi connectivity index (χ1) is 9.15. The zero-order valence-electron chi connectivity index (χ0n) is 9.88. The molecule has 100 valence electrons. The second-order valence-corrected chi connectivity index (χ2v) is 5.70. The smallest absolute Gasteiger partial charge is 0.349 e. The van der Waals surface area contributed by atoms with Gasteiger partial charge in [-0.1, -0.05) is 22.9 Å². The van der Waals surface area contributed by atoms with Crippen LogP contribution in [0.1, 0.15) is 28.3 Å². The highest BCUT2D eigenvalue weighted by Crippen LogP contribution is 2.37. The molecule has 0 unspecified atom stereocenters. The highest BCUT2D eigenvalue weighted by Gasteiger charge is 2.32. The van der Waals surface area contributed by atoms with Crippen LogP contribution in [0.4, 0.5) is 5.13 Å². The summed E-state index contributed by atoms with van der Waals surface area (Å²) >= 11 is 6.97. The van der Waals surface area contributed by atoms with Gasteiger partial charge in [-0.05, 0) is 25.0 Å². The van der Waals surface area contributed by atoms with Crippen molar-refractivity contribution in [2.45, 2.75) is 25.4 Å². The molecule has 0 radical (unpaired) electrons. The molecule has 1 aliphatic rings. The van der Waals surface area contributed by atoms with E-state index >= 15 is 0 Å². The Hall–Kier alpha value is -1.53. The summed E-state index contributed by atoms with van der Waals surface area (Å²) in [7, 11) is 0.